The van der Waals surface area contributed by atoms with Gasteiger partial charge in [-0.1, -0.05) is 36.7 Å². The quantitative estimate of drug-likeness (QED) is 0.625. The summed E-state index contributed by atoms with van der Waals surface area (Å²) >= 11 is 0. The maximum absolute atomic E-state index is 6.11. The van der Waals surface area contributed by atoms with E-state index in [1.807, 2.05) is 4.90 Å². The molecular weight excluding hydrogens is 200 g/mol. The van der Waals surface area contributed by atoms with Crippen LogP contribution in [0.25, 0.3) is 0 Å². The number of rotatable bonds is 4. The van der Waals surface area contributed by atoms with Gasteiger partial charge in [-0.15, -0.1) is 0 Å². The predicted molar refractivity (Wildman–Crippen MR) is 78.0 cm³/mol. The molecule has 1 unspecified atom stereocenters. The Balaban J connectivity index is 2.95. The van der Waals surface area contributed by atoms with Crippen molar-refractivity contribution in [2.75, 3.05) is 0 Å². The molecule has 0 aromatic rings. The zero-order valence-corrected chi connectivity index (χ0v) is 11.2. The summed E-state index contributed by atoms with van der Waals surface area (Å²) in [6, 6.07) is 0. The summed E-state index contributed by atoms with van der Waals surface area (Å²) in [5, 5.41) is -2.08. The maximum Gasteiger partial charge on any atom is 0.0897 e. The highest BCUT2D eigenvalue weighted by molar-refractivity contribution is 6.48. The number of unbranched alkanes of at least 4 members (excludes halogenated alkanes) is 1. The summed E-state index contributed by atoms with van der Waals surface area (Å²) < 4.78 is 0. The lowest BCUT2D eigenvalue weighted by Crippen LogP contribution is -2.59. The standard InChI is InChI=1S/C11H18B5N/c1-4-5-6-9(2,3)17-8(12)10(13,14)7-11(17,15)16/h8H,4-7H2,1-3H3. The Kier molecular flexibility index (Phi) is 4.29. The highest BCUT2D eigenvalue weighted by Gasteiger charge is 2.50. The van der Waals surface area contributed by atoms with Crippen molar-refractivity contribution < 1.29 is 0 Å². The fourth-order valence-corrected chi connectivity index (χ4v) is 2.85. The molecule has 1 aliphatic rings. The third-order valence-electron chi connectivity index (χ3n) is 3.66. The molecule has 1 rings (SSSR count). The predicted octanol–water partition coefficient (Wildman–Crippen LogP) is 0.599. The van der Waals surface area contributed by atoms with E-state index in [-0.39, 0.29) is 12.0 Å². The third kappa shape index (κ3) is 3.00. The number of hydrogen-bond donors (Lipinski definition) is 0. The molecule has 1 nitrogen and oxygen atoms in total. The van der Waals surface area contributed by atoms with Gasteiger partial charge in [-0.25, -0.2) is 0 Å². The fourth-order valence-electron chi connectivity index (χ4n) is 2.85. The molecule has 1 saturated heterocycles. The Morgan fingerprint density at radius 3 is 2.12 bits per heavy atom. The second-order valence-corrected chi connectivity index (χ2v) is 6.01. The third-order valence-corrected chi connectivity index (χ3v) is 3.66. The molecule has 0 amide bonds. The summed E-state index contributed by atoms with van der Waals surface area (Å²) in [4.78, 5) is 1.87. The molecule has 0 N–H and O–H groups in total. The summed E-state index contributed by atoms with van der Waals surface area (Å²) in [7, 11) is 30.3. The van der Waals surface area contributed by atoms with Crippen LogP contribution in [0, 0.1) is 0 Å². The molecule has 1 aliphatic heterocycles. The molecule has 82 valence electrons. The largest absolute Gasteiger partial charge is 0.316 e. The minimum absolute atomic E-state index is 0.209. The Labute approximate surface area is 113 Å². The summed E-state index contributed by atoms with van der Waals surface area (Å²) in [5.41, 5.74) is -0.209. The average molecular weight is 218 g/mol. The van der Waals surface area contributed by atoms with Crippen LogP contribution >= 0.6 is 0 Å². The minimum Gasteiger partial charge on any atom is -0.316 e. The Bertz CT molecular complexity index is 277. The molecule has 17 heavy (non-hydrogen) atoms. The molecule has 0 aromatic carbocycles. The molecule has 1 heterocycles. The monoisotopic (exact) mass is 219 g/mol. The van der Waals surface area contributed by atoms with Gasteiger partial charge >= 0.3 is 0 Å². The smallest absolute Gasteiger partial charge is 0.0897 e. The highest BCUT2D eigenvalue weighted by atomic mass is 15.3. The lowest BCUT2D eigenvalue weighted by atomic mass is 9.43. The first-order chi connectivity index (χ1) is 7.54. The molecule has 0 saturated carbocycles. The SMILES string of the molecule is [B]C1N(C(C)(C)CCCC)C([B])([B])CC1([B])[B]. The average Bonchev–Trinajstić information content (AvgIpc) is 2.28. The van der Waals surface area contributed by atoms with Gasteiger partial charge in [-0.05, 0) is 26.2 Å². The highest BCUT2D eigenvalue weighted by Crippen LogP contribution is 2.47. The van der Waals surface area contributed by atoms with E-state index in [4.69, 9.17) is 39.2 Å². The molecule has 1 fully saturated rings. The van der Waals surface area contributed by atoms with Crippen LogP contribution in [-0.4, -0.2) is 60.9 Å². The van der Waals surface area contributed by atoms with Crippen molar-refractivity contribution in [2.24, 2.45) is 0 Å². The van der Waals surface area contributed by atoms with Crippen molar-refractivity contribution in [1.29, 1.82) is 0 Å². The Morgan fingerprint density at radius 1 is 1.24 bits per heavy atom. The van der Waals surface area contributed by atoms with Gasteiger partial charge in [0.25, 0.3) is 0 Å². The first kappa shape index (κ1) is 15.3. The van der Waals surface area contributed by atoms with Crippen LogP contribution in [0.2, 0.25) is 5.21 Å². The number of likely N-dealkylation sites (tertiary alicyclic amines) is 1. The first-order valence-electron chi connectivity index (χ1n) is 6.25. The lowest BCUT2D eigenvalue weighted by Gasteiger charge is -2.49. The van der Waals surface area contributed by atoms with E-state index in [0.717, 1.165) is 19.3 Å². The van der Waals surface area contributed by atoms with E-state index in [9.17, 15) is 0 Å². The van der Waals surface area contributed by atoms with E-state index in [1.54, 1.807) is 0 Å². The van der Waals surface area contributed by atoms with Crippen molar-refractivity contribution >= 4 is 39.2 Å². The van der Waals surface area contributed by atoms with E-state index in [2.05, 4.69) is 20.8 Å². The first-order valence-corrected chi connectivity index (χ1v) is 6.25. The van der Waals surface area contributed by atoms with Crippen molar-refractivity contribution in [1.82, 2.24) is 4.90 Å². The molecule has 6 heteroatoms. The summed E-state index contributed by atoms with van der Waals surface area (Å²) in [6.07, 6.45) is 3.46. The Hall–Kier alpha value is 0.285. The Morgan fingerprint density at radius 2 is 1.76 bits per heavy atom. The molecule has 0 aliphatic carbocycles. The second kappa shape index (κ2) is 4.76. The van der Waals surface area contributed by atoms with E-state index >= 15 is 0 Å². The van der Waals surface area contributed by atoms with Crippen molar-refractivity contribution in [3.05, 3.63) is 0 Å². The molecule has 0 bridgehead atoms. The zero-order valence-electron chi connectivity index (χ0n) is 11.2. The van der Waals surface area contributed by atoms with Gasteiger partial charge in [0.2, 0.25) is 0 Å². The molecule has 1 atom stereocenters. The van der Waals surface area contributed by atoms with Crippen molar-refractivity contribution in [2.45, 2.75) is 68.5 Å². The van der Waals surface area contributed by atoms with E-state index in [0.29, 0.717) is 0 Å². The fraction of sp³-hybridized carbons (Fsp3) is 1.00. The van der Waals surface area contributed by atoms with Crippen LogP contribution in [0.1, 0.15) is 46.5 Å². The topological polar surface area (TPSA) is 3.24 Å². The van der Waals surface area contributed by atoms with Crippen LogP contribution in [0.4, 0.5) is 0 Å². The van der Waals surface area contributed by atoms with Gasteiger partial charge in [-0.3, -0.25) is 0 Å². The summed E-state index contributed by atoms with van der Waals surface area (Å²) in [6.45, 7) is 6.31. The molecule has 0 spiro atoms. The van der Waals surface area contributed by atoms with Crippen LogP contribution in [0.3, 0.4) is 0 Å². The van der Waals surface area contributed by atoms with Gasteiger partial charge in [0.1, 0.15) is 0 Å². The van der Waals surface area contributed by atoms with Crippen molar-refractivity contribution in [3.8, 4) is 0 Å². The molecular formula is C11H18B5N. The van der Waals surface area contributed by atoms with Gasteiger partial charge in [0, 0.05) is 5.54 Å². The molecule has 0 aromatic heterocycles. The van der Waals surface area contributed by atoms with Crippen LogP contribution < -0.4 is 0 Å². The zero-order chi connectivity index (χ0) is 13.5. The number of hydrogen-bond acceptors (Lipinski definition) is 1. The lowest BCUT2D eigenvalue weighted by molar-refractivity contribution is 0.0932. The normalized spacial score (nSPS) is 28.3. The van der Waals surface area contributed by atoms with Crippen LogP contribution in [-0.2, 0) is 0 Å². The second-order valence-electron chi connectivity index (χ2n) is 6.01. The van der Waals surface area contributed by atoms with Gasteiger partial charge in [0.05, 0.1) is 39.2 Å². The maximum atomic E-state index is 6.11. The van der Waals surface area contributed by atoms with E-state index in [1.165, 1.54) is 0 Å². The minimum atomic E-state index is -1.04. The van der Waals surface area contributed by atoms with Gasteiger partial charge in [-0.2, -0.15) is 0 Å². The van der Waals surface area contributed by atoms with Crippen LogP contribution in [0.5, 0.6) is 0 Å². The van der Waals surface area contributed by atoms with E-state index < -0.39 is 16.5 Å². The van der Waals surface area contributed by atoms with Gasteiger partial charge in [0.15, 0.2) is 0 Å². The molecule has 10 radical (unpaired) electrons. The number of nitrogens with zero attached hydrogens (tertiary/aromatic N) is 1. The van der Waals surface area contributed by atoms with Crippen molar-refractivity contribution in [3.63, 3.8) is 0 Å². The van der Waals surface area contributed by atoms with Gasteiger partial charge < -0.3 is 4.90 Å². The summed E-state index contributed by atoms with van der Waals surface area (Å²) in [5.74, 6) is -0.524. The van der Waals surface area contributed by atoms with Crippen LogP contribution in [0.15, 0.2) is 0 Å².